The van der Waals surface area contributed by atoms with E-state index in [1.807, 2.05) is 36.2 Å². The molecule has 1 aliphatic carbocycles. The molecule has 0 bridgehead atoms. The van der Waals surface area contributed by atoms with E-state index in [-0.39, 0.29) is 11.7 Å². The molecular weight excluding hydrogens is 357 g/mol. The van der Waals surface area contributed by atoms with Crippen molar-refractivity contribution in [2.75, 3.05) is 36.5 Å². The highest BCUT2D eigenvalue weighted by Crippen LogP contribution is 2.41. The van der Waals surface area contributed by atoms with Crippen LogP contribution in [0.5, 0.6) is 0 Å². The second-order valence-electron chi connectivity index (χ2n) is 7.95. The van der Waals surface area contributed by atoms with Gasteiger partial charge in [0.1, 0.15) is 11.8 Å². The smallest absolute Gasteiger partial charge is 0.298 e. The van der Waals surface area contributed by atoms with Gasteiger partial charge in [0.2, 0.25) is 0 Å². The van der Waals surface area contributed by atoms with Crippen molar-refractivity contribution >= 4 is 22.9 Å². The van der Waals surface area contributed by atoms with Gasteiger partial charge in [-0.05, 0) is 43.7 Å². The number of rotatable bonds is 5. The maximum absolute atomic E-state index is 14.8. The number of hydrogen-bond donors (Lipinski definition) is 0. The lowest BCUT2D eigenvalue weighted by atomic mass is 9.96. The number of anilines is 2. The van der Waals surface area contributed by atoms with Crippen LogP contribution in [0.25, 0.3) is 11.1 Å². The topological polar surface area (TPSA) is 58.3 Å². The van der Waals surface area contributed by atoms with Crippen LogP contribution in [0.4, 0.5) is 16.2 Å². The quantitative estimate of drug-likeness (QED) is 0.666. The van der Waals surface area contributed by atoms with Gasteiger partial charge in [-0.25, -0.2) is 14.4 Å². The zero-order chi connectivity index (χ0) is 19.1. The van der Waals surface area contributed by atoms with Gasteiger partial charge >= 0.3 is 0 Å². The van der Waals surface area contributed by atoms with Crippen molar-refractivity contribution in [1.29, 1.82) is 0 Å². The van der Waals surface area contributed by atoms with E-state index in [4.69, 9.17) is 4.42 Å². The molecule has 28 heavy (non-hydrogen) atoms. The second-order valence-corrected chi connectivity index (χ2v) is 7.95. The van der Waals surface area contributed by atoms with E-state index in [2.05, 4.69) is 19.9 Å². The maximum Gasteiger partial charge on any atom is 0.298 e. The monoisotopic (exact) mass is 381 g/mol. The Morgan fingerprint density at radius 1 is 1.14 bits per heavy atom. The van der Waals surface area contributed by atoms with Crippen LogP contribution in [0, 0.1) is 11.7 Å². The van der Waals surface area contributed by atoms with Crippen molar-refractivity contribution in [3.63, 3.8) is 0 Å². The van der Waals surface area contributed by atoms with Crippen molar-refractivity contribution in [2.24, 2.45) is 5.92 Å². The number of hydrogen-bond acceptors (Lipinski definition) is 6. The number of oxazole rings is 1. The summed E-state index contributed by atoms with van der Waals surface area (Å²) in [7, 11) is 1.93. The zero-order valence-electron chi connectivity index (χ0n) is 16.0. The van der Waals surface area contributed by atoms with Crippen LogP contribution in [0.2, 0.25) is 0 Å². The fourth-order valence-corrected chi connectivity index (χ4v) is 4.06. The summed E-state index contributed by atoms with van der Waals surface area (Å²) in [5, 5.41) is 0. The van der Waals surface area contributed by atoms with Gasteiger partial charge in [0.05, 0.1) is 5.69 Å². The Morgan fingerprint density at radius 2 is 1.93 bits per heavy atom. The lowest BCUT2D eigenvalue weighted by molar-refractivity contribution is 0.391. The van der Waals surface area contributed by atoms with E-state index in [0.29, 0.717) is 23.4 Å². The van der Waals surface area contributed by atoms with Gasteiger partial charge in [-0.3, -0.25) is 0 Å². The second kappa shape index (κ2) is 7.04. The molecular formula is C21H24FN5O. The number of nitrogens with zero attached hydrogens (tertiary/aromatic N) is 5. The fraction of sp³-hybridized carbons (Fsp3) is 0.476. The van der Waals surface area contributed by atoms with Gasteiger partial charge in [-0.1, -0.05) is 12.1 Å². The van der Waals surface area contributed by atoms with E-state index < -0.39 is 0 Å². The van der Waals surface area contributed by atoms with Gasteiger partial charge in [-0.15, -0.1) is 0 Å². The number of aromatic nitrogens is 3. The summed E-state index contributed by atoms with van der Waals surface area (Å²) in [6.07, 6.45) is 5.60. The minimum atomic E-state index is -0.239. The first-order chi connectivity index (χ1) is 13.7. The lowest BCUT2D eigenvalue weighted by Gasteiger charge is -2.33. The molecule has 0 spiro atoms. The molecule has 0 radical (unpaired) electrons. The van der Waals surface area contributed by atoms with Crippen molar-refractivity contribution in [3.05, 3.63) is 42.1 Å². The lowest BCUT2D eigenvalue weighted by Crippen LogP contribution is -2.38. The highest BCUT2D eigenvalue weighted by atomic mass is 19.1. The molecule has 0 unspecified atom stereocenters. The average molecular weight is 381 g/mol. The first kappa shape index (κ1) is 17.4. The number of benzene rings is 1. The van der Waals surface area contributed by atoms with E-state index in [1.165, 1.54) is 6.33 Å². The Hall–Kier alpha value is -2.70. The van der Waals surface area contributed by atoms with Crippen molar-refractivity contribution < 1.29 is 8.81 Å². The highest BCUT2D eigenvalue weighted by molar-refractivity contribution is 5.74. The summed E-state index contributed by atoms with van der Waals surface area (Å²) in [5.74, 6) is 0.966. The maximum atomic E-state index is 14.8. The molecule has 6 nitrogen and oxygen atoms in total. The Balaban J connectivity index is 1.22. The number of para-hydroxylation sites is 2. The Kier molecular flexibility index (Phi) is 4.37. The molecule has 7 heteroatoms. The van der Waals surface area contributed by atoms with Crippen molar-refractivity contribution in [3.8, 4) is 0 Å². The standard InChI is InChI=1S/C21H24FN5O/c1-26(20-18(22)19(15-6-7-15)23-13-24-20)12-14-8-10-27(11-9-14)21-25-16-4-2-3-5-17(16)28-21/h2-5,13-15H,6-12H2,1H3. The first-order valence-electron chi connectivity index (χ1n) is 10.0. The molecule has 3 heterocycles. The molecule has 0 atom stereocenters. The van der Waals surface area contributed by atoms with Gasteiger partial charge in [-0.2, -0.15) is 4.98 Å². The van der Waals surface area contributed by atoms with Crippen LogP contribution in [0.1, 0.15) is 37.3 Å². The third kappa shape index (κ3) is 3.30. The number of halogens is 1. The summed E-state index contributed by atoms with van der Waals surface area (Å²) >= 11 is 0. The number of fused-ring (bicyclic) bond motifs is 1. The molecule has 2 aliphatic rings. The fourth-order valence-electron chi connectivity index (χ4n) is 4.06. The average Bonchev–Trinajstić information content (AvgIpc) is 3.46. The summed E-state index contributed by atoms with van der Waals surface area (Å²) in [4.78, 5) is 17.1. The number of piperidine rings is 1. The molecule has 1 aliphatic heterocycles. The van der Waals surface area contributed by atoms with Gasteiger partial charge in [0.15, 0.2) is 17.2 Å². The summed E-state index contributed by atoms with van der Waals surface area (Å²) in [6.45, 7) is 2.58. The summed E-state index contributed by atoms with van der Waals surface area (Å²) in [5.41, 5.74) is 2.30. The normalized spacial score (nSPS) is 18.0. The largest absolute Gasteiger partial charge is 0.423 e. The van der Waals surface area contributed by atoms with Gasteiger partial charge < -0.3 is 14.2 Å². The zero-order valence-corrected chi connectivity index (χ0v) is 16.0. The highest BCUT2D eigenvalue weighted by Gasteiger charge is 2.31. The van der Waals surface area contributed by atoms with Crippen LogP contribution < -0.4 is 9.80 Å². The molecule has 1 saturated carbocycles. The Morgan fingerprint density at radius 3 is 2.68 bits per heavy atom. The van der Waals surface area contributed by atoms with Crippen LogP contribution in [-0.2, 0) is 0 Å². The van der Waals surface area contributed by atoms with E-state index in [9.17, 15) is 4.39 Å². The van der Waals surface area contributed by atoms with Crippen LogP contribution in [0.3, 0.4) is 0 Å². The SMILES string of the molecule is CN(CC1CCN(c2nc3ccccc3o2)CC1)c1ncnc(C2CC2)c1F. The third-order valence-electron chi connectivity index (χ3n) is 5.82. The molecule has 3 aromatic rings. The van der Waals surface area contributed by atoms with Crippen LogP contribution in [-0.4, -0.2) is 41.6 Å². The van der Waals surface area contributed by atoms with E-state index in [0.717, 1.165) is 56.4 Å². The van der Waals surface area contributed by atoms with Crippen molar-refractivity contribution in [2.45, 2.75) is 31.6 Å². The predicted molar refractivity (Wildman–Crippen MR) is 106 cm³/mol. The molecule has 146 valence electrons. The predicted octanol–water partition coefficient (Wildman–Crippen LogP) is 3.99. The summed E-state index contributed by atoms with van der Waals surface area (Å²) < 4.78 is 20.6. The van der Waals surface area contributed by atoms with E-state index in [1.54, 1.807) is 0 Å². The third-order valence-corrected chi connectivity index (χ3v) is 5.82. The van der Waals surface area contributed by atoms with Crippen molar-refractivity contribution in [1.82, 2.24) is 15.0 Å². The van der Waals surface area contributed by atoms with Crippen LogP contribution >= 0.6 is 0 Å². The summed E-state index contributed by atoms with van der Waals surface area (Å²) in [6, 6.07) is 8.54. The molecule has 2 aromatic heterocycles. The molecule has 1 saturated heterocycles. The van der Waals surface area contributed by atoms with Gasteiger partial charge in [0, 0.05) is 32.6 Å². The Labute approximate surface area is 163 Å². The molecule has 1 aromatic carbocycles. The van der Waals surface area contributed by atoms with Gasteiger partial charge in [0.25, 0.3) is 6.01 Å². The minimum Gasteiger partial charge on any atom is -0.423 e. The molecule has 5 rings (SSSR count). The minimum absolute atomic E-state index is 0.239. The molecule has 2 fully saturated rings. The molecule has 0 N–H and O–H groups in total. The van der Waals surface area contributed by atoms with Crippen LogP contribution in [0.15, 0.2) is 35.0 Å². The molecule has 0 amide bonds. The van der Waals surface area contributed by atoms with E-state index >= 15 is 0 Å². The Bertz CT molecular complexity index is 945. The first-order valence-corrected chi connectivity index (χ1v) is 10.0.